The molecule has 3 heterocycles. The van der Waals surface area contributed by atoms with Gasteiger partial charge in [-0.3, -0.25) is 4.79 Å². The van der Waals surface area contributed by atoms with Crippen LogP contribution in [0.1, 0.15) is 23.2 Å². The summed E-state index contributed by atoms with van der Waals surface area (Å²) < 4.78 is 5.63. The number of rotatable bonds is 5. The Morgan fingerprint density at radius 2 is 1.74 bits per heavy atom. The van der Waals surface area contributed by atoms with Crippen molar-refractivity contribution in [1.82, 2.24) is 4.98 Å². The van der Waals surface area contributed by atoms with Crippen LogP contribution in [0.25, 0.3) is 0 Å². The maximum atomic E-state index is 12.6. The van der Waals surface area contributed by atoms with E-state index in [4.69, 9.17) is 4.74 Å². The first-order valence-electron chi connectivity index (χ1n) is 10.7. The van der Waals surface area contributed by atoms with Crippen LogP contribution in [0.3, 0.4) is 0 Å². The Morgan fingerprint density at radius 1 is 1.00 bits per heavy atom. The summed E-state index contributed by atoms with van der Waals surface area (Å²) in [5, 5.41) is 2.98. The monoisotopic (exact) mass is 414 g/mol. The molecule has 2 saturated heterocycles. The largest absolute Gasteiger partial charge is 0.494 e. The first-order chi connectivity index (χ1) is 15.2. The summed E-state index contributed by atoms with van der Waals surface area (Å²) in [6.45, 7) is 1.92. The van der Waals surface area contributed by atoms with Gasteiger partial charge in [-0.25, -0.2) is 4.98 Å². The lowest BCUT2D eigenvalue weighted by atomic mass is 10.1. The Bertz CT molecular complexity index is 1040. The quantitative estimate of drug-likeness (QED) is 0.678. The van der Waals surface area contributed by atoms with E-state index in [1.807, 2.05) is 48.7 Å². The van der Waals surface area contributed by atoms with Crippen molar-refractivity contribution in [2.24, 2.45) is 0 Å². The van der Waals surface area contributed by atoms with Crippen LogP contribution in [0, 0.1) is 0 Å². The normalized spacial score (nSPS) is 19.9. The van der Waals surface area contributed by atoms with E-state index in [2.05, 4.69) is 32.2 Å². The van der Waals surface area contributed by atoms with E-state index in [9.17, 15) is 4.79 Å². The molecule has 2 aliphatic rings. The van der Waals surface area contributed by atoms with Gasteiger partial charge in [0.1, 0.15) is 11.6 Å². The van der Waals surface area contributed by atoms with Crippen LogP contribution in [-0.4, -0.2) is 43.2 Å². The number of hydrogen-bond donors (Lipinski definition) is 1. The Kier molecular flexibility index (Phi) is 5.20. The van der Waals surface area contributed by atoms with Crippen LogP contribution in [0.15, 0.2) is 72.9 Å². The van der Waals surface area contributed by atoms with E-state index >= 15 is 0 Å². The lowest BCUT2D eigenvalue weighted by Gasteiger charge is -2.43. The minimum absolute atomic E-state index is 0.143. The molecule has 0 aliphatic carbocycles. The zero-order valence-corrected chi connectivity index (χ0v) is 17.6. The maximum Gasteiger partial charge on any atom is 0.255 e. The van der Waals surface area contributed by atoms with Gasteiger partial charge in [0.2, 0.25) is 0 Å². The first-order valence-corrected chi connectivity index (χ1v) is 10.7. The van der Waals surface area contributed by atoms with E-state index in [0.717, 1.165) is 24.6 Å². The molecule has 1 N–H and O–H groups in total. The molecule has 6 nitrogen and oxygen atoms in total. The number of pyridine rings is 1. The number of aromatic nitrogens is 1. The molecular formula is C25H26N4O2. The van der Waals surface area contributed by atoms with Crippen molar-refractivity contribution in [1.29, 1.82) is 0 Å². The van der Waals surface area contributed by atoms with E-state index in [1.54, 1.807) is 19.2 Å². The topological polar surface area (TPSA) is 57.7 Å². The molecule has 2 aromatic carbocycles. The Labute approximate surface area is 182 Å². The standard InChI is InChI=1S/C25H26N4O2/c1-31-23-15-19(12-13-22(23)27-25(30)18-7-3-2-4-8-18)29-20-10-11-21(29)17-28(16-20)24-9-5-6-14-26-24/h2-9,12-15,20-21H,10-11,16-17H2,1H3,(H,27,30). The molecule has 2 aliphatic heterocycles. The number of ether oxygens (including phenoxy) is 1. The minimum atomic E-state index is -0.143. The minimum Gasteiger partial charge on any atom is -0.494 e. The SMILES string of the molecule is COc1cc(N2C3CCC2CN(c2ccccn2)C3)ccc1NC(=O)c1ccccc1. The van der Waals surface area contributed by atoms with E-state index in [0.29, 0.717) is 29.1 Å². The predicted molar refractivity (Wildman–Crippen MR) is 123 cm³/mol. The second-order valence-electron chi connectivity index (χ2n) is 8.09. The molecule has 1 aromatic heterocycles. The van der Waals surface area contributed by atoms with Gasteiger partial charge in [-0.1, -0.05) is 24.3 Å². The molecule has 0 spiro atoms. The van der Waals surface area contributed by atoms with Crippen LogP contribution in [0.2, 0.25) is 0 Å². The van der Waals surface area contributed by atoms with Gasteiger partial charge in [0.15, 0.2) is 0 Å². The summed E-state index contributed by atoms with van der Waals surface area (Å²) in [5.41, 5.74) is 2.44. The summed E-state index contributed by atoms with van der Waals surface area (Å²) in [7, 11) is 1.64. The number of carbonyl (C=O) groups excluding carboxylic acids is 1. The summed E-state index contributed by atoms with van der Waals surface area (Å²) in [4.78, 5) is 22.0. The number of amides is 1. The number of nitrogens with one attached hydrogen (secondary N) is 1. The zero-order valence-electron chi connectivity index (χ0n) is 17.6. The molecule has 0 radical (unpaired) electrons. The average molecular weight is 415 g/mol. The van der Waals surface area contributed by atoms with Gasteiger partial charge in [0.25, 0.3) is 5.91 Å². The fraction of sp³-hybridized carbons (Fsp3) is 0.280. The molecule has 0 saturated carbocycles. The molecule has 31 heavy (non-hydrogen) atoms. The highest BCUT2D eigenvalue weighted by atomic mass is 16.5. The highest BCUT2D eigenvalue weighted by Crippen LogP contribution is 2.39. The fourth-order valence-corrected chi connectivity index (χ4v) is 4.78. The smallest absolute Gasteiger partial charge is 0.255 e. The molecule has 158 valence electrons. The molecule has 6 heteroatoms. The molecule has 2 bridgehead atoms. The van der Waals surface area contributed by atoms with Crippen molar-refractivity contribution in [3.63, 3.8) is 0 Å². The molecule has 5 rings (SSSR count). The van der Waals surface area contributed by atoms with Crippen molar-refractivity contribution in [2.75, 3.05) is 35.3 Å². The van der Waals surface area contributed by atoms with Crippen LogP contribution >= 0.6 is 0 Å². The maximum absolute atomic E-state index is 12.6. The number of nitrogens with zero attached hydrogens (tertiary/aromatic N) is 3. The molecule has 1 amide bonds. The molecule has 2 unspecified atom stereocenters. The van der Waals surface area contributed by atoms with E-state index < -0.39 is 0 Å². The van der Waals surface area contributed by atoms with Gasteiger partial charge >= 0.3 is 0 Å². The van der Waals surface area contributed by atoms with E-state index in [-0.39, 0.29) is 5.91 Å². The van der Waals surface area contributed by atoms with Crippen LogP contribution < -0.4 is 19.9 Å². The molecule has 2 atom stereocenters. The number of benzene rings is 2. The third kappa shape index (κ3) is 3.81. The number of methoxy groups -OCH3 is 1. The van der Waals surface area contributed by atoms with Crippen LogP contribution in [0.4, 0.5) is 17.2 Å². The van der Waals surface area contributed by atoms with E-state index in [1.165, 1.54) is 12.8 Å². The second-order valence-corrected chi connectivity index (χ2v) is 8.09. The van der Waals surface area contributed by atoms with Crippen molar-refractivity contribution in [3.8, 4) is 5.75 Å². The molecular weight excluding hydrogens is 388 g/mol. The number of carbonyl (C=O) groups is 1. The van der Waals surface area contributed by atoms with Crippen molar-refractivity contribution in [2.45, 2.75) is 24.9 Å². The number of hydrogen-bond acceptors (Lipinski definition) is 5. The number of fused-ring (bicyclic) bond motifs is 2. The highest BCUT2D eigenvalue weighted by molar-refractivity contribution is 6.05. The lowest BCUT2D eigenvalue weighted by molar-refractivity contribution is 0.102. The van der Waals surface area contributed by atoms with Gasteiger partial charge in [0.05, 0.1) is 12.8 Å². The van der Waals surface area contributed by atoms with Gasteiger partial charge in [0, 0.05) is 48.7 Å². The predicted octanol–water partition coefficient (Wildman–Crippen LogP) is 4.20. The van der Waals surface area contributed by atoms with Crippen molar-refractivity contribution < 1.29 is 9.53 Å². The van der Waals surface area contributed by atoms with Crippen LogP contribution in [-0.2, 0) is 0 Å². The molecule has 2 fully saturated rings. The Hall–Kier alpha value is -3.54. The first kappa shape index (κ1) is 19.4. The van der Waals surface area contributed by atoms with Gasteiger partial charge in [-0.05, 0) is 49.2 Å². The summed E-state index contributed by atoms with van der Waals surface area (Å²) in [6.07, 6.45) is 4.20. The van der Waals surface area contributed by atoms with Gasteiger partial charge in [-0.15, -0.1) is 0 Å². The summed E-state index contributed by atoms with van der Waals surface area (Å²) in [5.74, 6) is 1.58. The summed E-state index contributed by atoms with van der Waals surface area (Å²) >= 11 is 0. The third-order valence-corrected chi connectivity index (χ3v) is 6.22. The van der Waals surface area contributed by atoms with Crippen molar-refractivity contribution >= 4 is 23.1 Å². The van der Waals surface area contributed by atoms with Gasteiger partial charge < -0.3 is 19.9 Å². The van der Waals surface area contributed by atoms with Gasteiger partial charge in [-0.2, -0.15) is 0 Å². The Balaban J connectivity index is 1.35. The lowest BCUT2D eigenvalue weighted by Crippen LogP contribution is -2.54. The third-order valence-electron chi connectivity index (χ3n) is 6.22. The van der Waals surface area contributed by atoms with Crippen LogP contribution in [0.5, 0.6) is 5.75 Å². The number of anilines is 3. The average Bonchev–Trinajstić information content (AvgIpc) is 3.09. The number of piperazine rings is 1. The highest BCUT2D eigenvalue weighted by Gasteiger charge is 2.40. The summed E-state index contributed by atoms with van der Waals surface area (Å²) in [6, 6.07) is 22.3. The zero-order chi connectivity index (χ0) is 21.2. The fourth-order valence-electron chi connectivity index (χ4n) is 4.78. The molecule has 3 aromatic rings. The second kappa shape index (κ2) is 8.30. The van der Waals surface area contributed by atoms with Crippen molar-refractivity contribution in [3.05, 3.63) is 78.5 Å². The Morgan fingerprint density at radius 3 is 2.42 bits per heavy atom.